The van der Waals surface area contributed by atoms with Gasteiger partial charge in [0.05, 0.1) is 18.2 Å². The van der Waals surface area contributed by atoms with Crippen LogP contribution in [0.4, 0.5) is 0 Å². The van der Waals surface area contributed by atoms with E-state index < -0.39 is 5.97 Å². The first kappa shape index (κ1) is 17.4. The maximum Gasteiger partial charge on any atom is 0.329 e. The fourth-order valence-corrected chi connectivity index (χ4v) is 4.08. The first-order valence-corrected chi connectivity index (χ1v) is 8.37. The summed E-state index contributed by atoms with van der Waals surface area (Å²) in [5.41, 5.74) is -0.185. The van der Waals surface area contributed by atoms with Crippen molar-refractivity contribution < 1.29 is 28.9 Å². The Bertz CT molecular complexity index is 573. The Morgan fingerprint density at radius 1 is 1.42 bits per heavy atom. The summed E-state index contributed by atoms with van der Waals surface area (Å²) in [5, 5.41) is 17.9. The van der Waals surface area contributed by atoms with E-state index in [9.17, 15) is 4.79 Å². The molecule has 1 saturated carbocycles. The smallest absolute Gasteiger partial charge is 0.329 e. The van der Waals surface area contributed by atoms with Crippen molar-refractivity contribution in [1.29, 1.82) is 0 Å². The number of carboxylic acids is 1. The van der Waals surface area contributed by atoms with Crippen LogP contribution in [0.2, 0.25) is 0 Å². The number of aliphatic hydroxyl groups is 1. The van der Waals surface area contributed by atoms with Gasteiger partial charge in [-0.25, -0.2) is 4.79 Å². The molecule has 0 amide bonds. The molecule has 0 aromatic carbocycles. The molecule has 3 rings (SSSR count). The molecule has 2 aliphatic rings. The van der Waals surface area contributed by atoms with Crippen molar-refractivity contribution >= 4 is 5.97 Å². The van der Waals surface area contributed by atoms with Gasteiger partial charge in [0.1, 0.15) is 24.7 Å². The largest absolute Gasteiger partial charge is 0.480 e. The van der Waals surface area contributed by atoms with Crippen molar-refractivity contribution in [3.05, 3.63) is 23.7 Å². The number of furan rings is 1. The second kappa shape index (κ2) is 7.23. The minimum Gasteiger partial charge on any atom is -0.480 e. The van der Waals surface area contributed by atoms with Gasteiger partial charge >= 0.3 is 5.97 Å². The molecule has 3 atom stereocenters. The van der Waals surface area contributed by atoms with Crippen LogP contribution in [0.15, 0.2) is 16.5 Å². The van der Waals surface area contributed by atoms with Crippen molar-refractivity contribution in [3.8, 4) is 0 Å². The number of rotatable bonds is 7. The number of carbonyl (C=O) groups is 1. The van der Waals surface area contributed by atoms with Crippen LogP contribution in [0.25, 0.3) is 0 Å². The van der Waals surface area contributed by atoms with Crippen molar-refractivity contribution in [2.24, 2.45) is 0 Å². The average Bonchev–Trinajstić information content (AvgIpc) is 3.18. The zero-order valence-electron chi connectivity index (χ0n) is 13.9. The van der Waals surface area contributed by atoms with Crippen molar-refractivity contribution in [1.82, 2.24) is 4.90 Å². The Hall–Kier alpha value is -1.41. The van der Waals surface area contributed by atoms with Gasteiger partial charge in [-0.2, -0.15) is 0 Å². The molecule has 24 heavy (non-hydrogen) atoms. The number of fused-ring (bicyclic) bond motifs is 1. The highest BCUT2D eigenvalue weighted by molar-refractivity contribution is 5.68. The molecule has 0 bridgehead atoms. The SMILES string of the molecule is CO[C@]12CC[C@@H](OCC(=O)O)C[C@H]1N(Cc1ccc(CO)o1)CC2. The summed E-state index contributed by atoms with van der Waals surface area (Å²) in [6.45, 7) is 1.20. The first-order valence-electron chi connectivity index (χ1n) is 8.37. The lowest BCUT2D eigenvalue weighted by molar-refractivity contribution is -0.148. The van der Waals surface area contributed by atoms with Crippen molar-refractivity contribution in [2.45, 2.75) is 56.6 Å². The molecule has 134 valence electrons. The molecule has 1 aromatic heterocycles. The van der Waals surface area contributed by atoms with Gasteiger partial charge < -0.3 is 24.1 Å². The fourth-order valence-electron chi connectivity index (χ4n) is 4.08. The molecule has 7 nitrogen and oxygen atoms in total. The predicted octanol–water partition coefficient (Wildman–Crippen LogP) is 1.39. The third-order valence-corrected chi connectivity index (χ3v) is 5.33. The molecule has 0 spiro atoms. The molecular formula is C17H25NO6. The van der Waals surface area contributed by atoms with Crippen LogP contribution in [0.1, 0.15) is 37.2 Å². The normalized spacial score (nSPS) is 30.4. The highest BCUT2D eigenvalue weighted by Crippen LogP contribution is 2.43. The first-order chi connectivity index (χ1) is 11.6. The predicted molar refractivity (Wildman–Crippen MR) is 84.4 cm³/mol. The van der Waals surface area contributed by atoms with Gasteiger partial charge in [-0.15, -0.1) is 0 Å². The minimum absolute atomic E-state index is 0.0559. The van der Waals surface area contributed by atoms with Gasteiger partial charge in [-0.3, -0.25) is 4.90 Å². The molecular weight excluding hydrogens is 314 g/mol. The van der Waals surface area contributed by atoms with Crippen molar-refractivity contribution in [3.63, 3.8) is 0 Å². The Morgan fingerprint density at radius 2 is 2.21 bits per heavy atom. The number of hydrogen-bond donors (Lipinski definition) is 2. The van der Waals surface area contributed by atoms with Gasteiger partial charge in [0, 0.05) is 19.7 Å². The average molecular weight is 339 g/mol. The quantitative estimate of drug-likeness (QED) is 0.775. The number of hydrogen-bond acceptors (Lipinski definition) is 6. The molecule has 2 fully saturated rings. The van der Waals surface area contributed by atoms with E-state index in [4.69, 9.17) is 24.1 Å². The lowest BCUT2D eigenvalue weighted by Crippen LogP contribution is -2.51. The zero-order valence-corrected chi connectivity index (χ0v) is 13.9. The van der Waals surface area contributed by atoms with E-state index >= 15 is 0 Å². The Labute approximate surface area is 141 Å². The third-order valence-electron chi connectivity index (χ3n) is 5.33. The second-order valence-corrected chi connectivity index (χ2v) is 6.63. The number of likely N-dealkylation sites (tertiary alicyclic amines) is 1. The van der Waals surface area contributed by atoms with Crippen LogP contribution >= 0.6 is 0 Å². The molecule has 7 heteroatoms. The molecule has 1 aliphatic carbocycles. The van der Waals surface area contributed by atoms with Gasteiger partial charge in [0.2, 0.25) is 0 Å². The summed E-state index contributed by atoms with van der Waals surface area (Å²) in [4.78, 5) is 13.1. The monoisotopic (exact) mass is 339 g/mol. The standard InChI is InChI=1S/C17H25NO6/c1-22-17-5-4-12(23-11-16(20)21)8-15(17)18(7-6-17)9-13-2-3-14(10-19)24-13/h2-3,12,15,19H,4-11H2,1H3,(H,20,21)/t12-,15-,17+/m1/s1. The molecule has 1 saturated heterocycles. The van der Waals surface area contributed by atoms with Gasteiger partial charge in [-0.1, -0.05) is 0 Å². The summed E-state index contributed by atoms with van der Waals surface area (Å²) in [6, 6.07) is 3.85. The maximum atomic E-state index is 10.7. The molecule has 1 aliphatic heterocycles. The lowest BCUT2D eigenvalue weighted by Gasteiger charge is -2.43. The van der Waals surface area contributed by atoms with Crippen LogP contribution in [-0.4, -0.2) is 59.1 Å². The fraction of sp³-hybridized carbons (Fsp3) is 0.706. The van der Waals surface area contributed by atoms with E-state index in [0.717, 1.165) is 38.0 Å². The molecule has 0 radical (unpaired) electrons. The van der Waals surface area contributed by atoms with E-state index in [1.807, 2.05) is 6.07 Å². The number of methoxy groups -OCH3 is 1. The van der Waals surface area contributed by atoms with E-state index in [1.54, 1.807) is 13.2 Å². The highest BCUT2D eigenvalue weighted by Gasteiger charge is 2.51. The summed E-state index contributed by atoms with van der Waals surface area (Å²) in [6.07, 6.45) is 3.34. The third kappa shape index (κ3) is 3.49. The number of aliphatic carboxylic acids is 1. The molecule has 2 N–H and O–H groups in total. The summed E-state index contributed by atoms with van der Waals surface area (Å²) >= 11 is 0. The van der Waals surface area contributed by atoms with Gasteiger partial charge in [-0.05, 0) is 37.8 Å². The zero-order chi connectivity index (χ0) is 17.2. The van der Waals surface area contributed by atoms with E-state index in [2.05, 4.69) is 4.90 Å². The van der Waals surface area contributed by atoms with Crippen LogP contribution in [-0.2, 0) is 27.4 Å². The molecule has 2 heterocycles. The number of nitrogens with zero attached hydrogens (tertiary/aromatic N) is 1. The van der Waals surface area contributed by atoms with Crippen LogP contribution in [0, 0.1) is 0 Å². The van der Waals surface area contributed by atoms with Crippen LogP contribution < -0.4 is 0 Å². The van der Waals surface area contributed by atoms with Gasteiger partial charge in [0.15, 0.2) is 0 Å². The van der Waals surface area contributed by atoms with E-state index in [-0.39, 0.29) is 31.0 Å². The Morgan fingerprint density at radius 3 is 2.88 bits per heavy atom. The van der Waals surface area contributed by atoms with E-state index in [0.29, 0.717) is 12.3 Å². The topological polar surface area (TPSA) is 92.4 Å². The Balaban J connectivity index is 1.68. The summed E-state index contributed by atoms with van der Waals surface area (Å²) < 4.78 is 17.0. The molecule has 1 aromatic rings. The molecule has 0 unspecified atom stereocenters. The van der Waals surface area contributed by atoms with Crippen LogP contribution in [0.3, 0.4) is 0 Å². The minimum atomic E-state index is -0.936. The van der Waals surface area contributed by atoms with E-state index in [1.165, 1.54) is 0 Å². The summed E-state index contributed by atoms with van der Waals surface area (Å²) in [7, 11) is 1.76. The number of carboxylic acid groups (broad SMARTS) is 1. The summed E-state index contributed by atoms with van der Waals surface area (Å²) in [5.74, 6) is 0.446. The highest BCUT2D eigenvalue weighted by atomic mass is 16.5. The van der Waals surface area contributed by atoms with Gasteiger partial charge in [0.25, 0.3) is 0 Å². The Kier molecular flexibility index (Phi) is 5.24. The lowest BCUT2D eigenvalue weighted by atomic mass is 9.79. The number of ether oxygens (including phenoxy) is 2. The second-order valence-electron chi connectivity index (χ2n) is 6.63. The number of aliphatic hydroxyl groups excluding tert-OH is 1. The maximum absolute atomic E-state index is 10.7. The van der Waals surface area contributed by atoms with Crippen molar-refractivity contribution in [2.75, 3.05) is 20.3 Å². The van der Waals surface area contributed by atoms with Crippen LogP contribution in [0.5, 0.6) is 0 Å².